The smallest absolute Gasteiger partial charge is 0.126 e. The summed E-state index contributed by atoms with van der Waals surface area (Å²) in [6.45, 7) is 4.26. The van der Waals surface area contributed by atoms with Gasteiger partial charge in [-0.2, -0.15) is 0 Å². The fourth-order valence-electron chi connectivity index (χ4n) is 5.12. The van der Waals surface area contributed by atoms with Crippen molar-refractivity contribution in [2.24, 2.45) is 0 Å². The number of ether oxygens (including phenoxy) is 1. The Hall–Kier alpha value is -2.05. The predicted molar refractivity (Wildman–Crippen MR) is 118 cm³/mol. The molecule has 2 aliphatic heterocycles. The lowest BCUT2D eigenvalue weighted by Crippen LogP contribution is -2.51. The zero-order valence-electron chi connectivity index (χ0n) is 17.1. The van der Waals surface area contributed by atoms with Crippen molar-refractivity contribution in [3.8, 4) is 5.75 Å². The Morgan fingerprint density at radius 1 is 1.23 bits per heavy atom. The molecule has 3 aromatic rings. The van der Waals surface area contributed by atoms with Crippen LogP contribution in [0.1, 0.15) is 48.3 Å². The van der Waals surface area contributed by atoms with Crippen LogP contribution < -0.4 is 4.74 Å². The molecule has 2 aliphatic rings. The minimum absolute atomic E-state index is 0.349. The summed E-state index contributed by atoms with van der Waals surface area (Å²) in [6, 6.07) is 13.6. The Morgan fingerprint density at radius 3 is 2.80 bits per heavy atom. The van der Waals surface area contributed by atoms with E-state index in [1.54, 1.807) is 12.1 Å². The third kappa shape index (κ3) is 3.50. The van der Waals surface area contributed by atoms with Crippen LogP contribution in [0, 0.1) is 6.92 Å². The Bertz CT molecular complexity index is 1070. The van der Waals surface area contributed by atoms with Crippen LogP contribution in [0.3, 0.4) is 0 Å². The molecule has 0 aliphatic carbocycles. The number of aliphatic hydroxyl groups excluding tert-OH is 2. The SMILES string of the molecule is Cc1[nH]c2ccccc2c1[C@H](O)CN1CCC2(CC1)C[C@@H](O)c1cc(Cl)ccc1O2. The fraction of sp³-hybridized carbons (Fsp3) is 0.417. The lowest BCUT2D eigenvalue weighted by atomic mass is 9.81. The summed E-state index contributed by atoms with van der Waals surface area (Å²) in [5.41, 5.74) is 3.50. The number of aromatic amines is 1. The van der Waals surface area contributed by atoms with Gasteiger partial charge in [0.25, 0.3) is 0 Å². The van der Waals surface area contributed by atoms with Gasteiger partial charge in [-0.05, 0) is 44.0 Å². The number of likely N-dealkylation sites (tertiary alicyclic amines) is 1. The molecule has 30 heavy (non-hydrogen) atoms. The number of fused-ring (bicyclic) bond motifs is 2. The summed E-state index contributed by atoms with van der Waals surface area (Å²) >= 11 is 6.08. The number of halogens is 1. The predicted octanol–water partition coefficient (Wildman–Crippen LogP) is 4.51. The molecule has 3 heterocycles. The topological polar surface area (TPSA) is 68.7 Å². The summed E-state index contributed by atoms with van der Waals surface area (Å²) in [6.07, 6.45) is 1.13. The van der Waals surface area contributed by atoms with Gasteiger partial charge in [0.05, 0.1) is 12.2 Å². The van der Waals surface area contributed by atoms with Gasteiger partial charge in [-0.15, -0.1) is 0 Å². The second-order valence-electron chi connectivity index (χ2n) is 8.71. The van der Waals surface area contributed by atoms with Gasteiger partial charge < -0.3 is 24.8 Å². The second kappa shape index (κ2) is 7.57. The molecule has 6 heteroatoms. The molecule has 1 saturated heterocycles. The van der Waals surface area contributed by atoms with Crippen molar-refractivity contribution >= 4 is 22.5 Å². The van der Waals surface area contributed by atoms with E-state index < -0.39 is 12.2 Å². The van der Waals surface area contributed by atoms with E-state index in [0.717, 1.165) is 59.4 Å². The van der Waals surface area contributed by atoms with E-state index in [1.165, 1.54) is 0 Å². The van der Waals surface area contributed by atoms with Crippen LogP contribution in [0.15, 0.2) is 42.5 Å². The quantitative estimate of drug-likeness (QED) is 0.576. The maximum absolute atomic E-state index is 11.0. The van der Waals surface area contributed by atoms with E-state index in [1.807, 2.05) is 31.2 Å². The van der Waals surface area contributed by atoms with Gasteiger partial charge in [0.15, 0.2) is 0 Å². The number of β-amino-alcohol motifs (C(OH)–C–C–N with tert-alkyl or cyclic N) is 1. The number of benzene rings is 2. The average Bonchev–Trinajstić information content (AvgIpc) is 3.06. The van der Waals surface area contributed by atoms with Crippen molar-refractivity contribution in [3.05, 3.63) is 64.3 Å². The normalized spacial score (nSPS) is 22.1. The third-order valence-corrected chi connectivity index (χ3v) is 6.93. The molecule has 2 aromatic carbocycles. The van der Waals surface area contributed by atoms with Crippen LogP contribution >= 0.6 is 11.6 Å². The summed E-state index contributed by atoms with van der Waals surface area (Å²) in [5, 5.41) is 23.4. The molecule has 5 nitrogen and oxygen atoms in total. The summed E-state index contributed by atoms with van der Waals surface area (Å²) in [7, 11) is 0. The number of H-pyrrole nitrogens is 1. The first-order chi connectivity index (χ1) is 14.4. The molecule has 0 amide bonds. The zero-order valence-corrected chi connectivity index (χ0v) is 17.8. The molecular weight excluding hydrogens is 400 g/mol. The second-order valence-corrected chi connectivity index (χ2v) is 9.15. The molecule has 1 fully saturated rings. The van der Waals surface area contributed by atoms with E-state index >= 15 is 0 Å². The number of aliphatic hydroxyl groups is 2. The molecule has 2 atom stereocenters. The van der Waals surface area contributed by atoms with Crippen molar-refractivity contribution in [1.29, 1.82) is 0 Å². The molecule has 0 unspecified atom stereocenters. The van der Waals surface area contributed by atoms with Gasteiger partial charge in [-0.1, -0.05) is 29.8 Å². The highest BCUT2D eigenvalue weighted by molar-refractivity contribution is 6.30. The molecule has 0 radical (unpaired) electrons. The largest absolute Gasteiger partial charge is 0.487 e. The number of piperidine rings is 1. The molecule has 5 rings (SSSR count). The summed E-state index contributed by atoms with van der Waals surface area (Å²) in [4.78, 5) is 5.67. The maximum Gasteiger partial charge on any atom is 0.126 e. The number of aryl methyl sites for hydroxylation is 1. The van der Waals surface area contributed by atoms with E-state index in [2.05, 4.69) is 16.0 Å². The van der Waals surface area contributed by atoms with Gasteiger partial charge in [0, 0.05) is 58.8 Å². The highest BCUT2D eigenvalue weighted by Crippen LogP contribution is 2.45. The summed E-state index contributed by atoms with van der Waals surface area (Å²) in [5.74, 6) is 0.737. The van der Waals surface area contributed by atoms with Gasteiger partial charge in [0.2, 0.25) is 0 Å². The number of para-hydroxylation sites is 1. The third-order valence-electron chi connectivity index (χ3n) is 6.70. The van der Waals surface area contributed by atoms with Crippen molar-refractivity contribution in [2.45, 2.75) is 44.0 Å². The monoisotopic (exact) mass is 426 g/mol. The number of nitrogens with one attached hydrogen (secondary N) is 1. The minimum Gasteiger partial charge on any atom is -0.487 e. The Morgan fingerprint density at radius 2 is 2.00 bits per heavy atom. The van der Waals surface area contributed by atoms with E-state index in [-0.39, 0.29) is 5.60 Å². The zero-order chi connectivity index (χ0) is 20.9. The van der Waals surface area contributed by atoms with Crippen LogP contribution in [0.4, 0.5) is 0 Å². The average molecular weight is 427 g/mol. The van der Waals surface area contributed by atoms with Crippen LogP contribution in [0.2, 0.25) is 5.02 Å². The molecule has 0 saturated carbocycles. The van der Waals surface area contributed by atoms with Crippen LogP contribution in [0.25, 0.3) is 10.9 Å². The molecule has 158 valence electrons. The lowest BCUT2D eigenvalue weighted by Gasteiger charge is -2.46. The fourth-order valence-corrected chi connectivity index (χ4v) is 5.30. The summed E-state index contributed by atoms with van der Waals surface area (Å²) < 4.78 is 6.38. The maximum atomic E-state index is 11.0. The first-order valence-electron chi connectivity index (χ1n) is 10.6. The van der Waals surface area contributed by atoms with Crippen molar-refractivity contribution in [2.75, 3.05) is 19.6 Å². The van der Waals surface area contributed by atoms with Gasteiger partial charge in [0.1, 0.15) is 11.4 Å². The van der Waals surface area contributed by atoms with Crippen molar-refractivity contribution < 1.29 is 14.9 Å². The van der Waals surface area contributed by atoms with Gasteiger partial charge in [-0.3, -0.25) is 0 Å². The van der Waals surface area contributed by atoms with Gasteiger partial charge >= 0.3 is 0 Å². The van der Waals surface area contributed by atoms with Crippen LogP contribution in [-0.2, 0) is 0 Å². The van der Waals surface area contributed by atoms with Crippen LogP contribution in [-0.4, -0.2) is 45.3 Å². The standard InChI is InChI=1S/C24H27ClN2O3/c1-15-23(17-4-2-3-5-19(17)26-15)21(29)14-27-10-8-24(9-11-27)13-20(28)18-12-16(25)6-7-22(18)30-24/h2-7,12,20-21,26,28-29H,8-11,13-14H2,1H3/t20-,21-/m1/s1. The lowest BCUT2D eigenvalue weighted by molar-refractivity contribution is -0.0587. The van der Waals surface area contributed by atoms with Crippen LogP contribution in [0.5, 0.6) is 5.75 Å². The number of nitrogens with zero attached hydrogens (tertiary/aromatic N) is 1. The first-order valence-corrected chi connectivity index (χ1v) is 11.0. The number of hydrogen-bond donors (Lipinski definition) is 3. The minimum atomic E-state index is -0.557. The Balaban J connectivity index is 1.27. The number of rotatable bonds is 3. The first kappa shape index (κ1) is 19.9. The molecule has 0 bridgehead atoms. The number of hydrogen-bond acceptors (Lipinski definition) is 4. The highest BCUT2D eigenvalue weighted by atomic mass is 35.5. The molecule has 3 N–H and O–H groups in total. The molecule has 1 aromatic heterocycles. The molecule has 1 spiro atoms. The Labute approximate surface area is 181 Å². The van der Waals surface area contributed by atoms with E-state index in [4.69, 9.17) is 16.3 Å². The highest BCUT2D eigenvalue weighted by Gasteiger charge is 2.43. The van der Waals surface area contributed by atoms with Crippen molar-refractivity contribution in [1.82, 2.24) is 9.88 Å². The molecular formula is C24H27ClN2O3. The number of aromatic nitrogens is 1. The van der Waals surface area contributed by atoms with E-state index in [9.17, 15) is 10.2 Å². The van der Waals surface area contributed by atoms with E-state index in [0.29, 0.717) is 18.0 Å². The van der Waals surface area contributed by atoms with Gasteiger partial charge in [-0.25, -0.2) is 0 Å². The Kier molecular flexibility index (Phi) is 5.02. The van der Waals surface area contributed by atoms with Crippen molar-refractivity contribution in [3.63, 3.8) is 0 Å².